The SMILES string of the molecule is COCc1noc(-c2cc(N)cc(C)c2C)n1. The molecule has 5 nitrogen and oxygen atoms in total. The van der Waals surface area contributed by atoms with E-state index in [0.29, 0.717) is 24.0 Å². The molecule has 0 bridgehead atoms. The molecule has 5 heteroatoms. The molecule has 0 atom stereocenters. The number of anilines is 1. The third kappa shape index (κ3) is 2.29. The van der Waals surface area contributed by atoms with Crippen LogP contribution in [-0.2, 0) is 11.3 Å². The van der Waals surface area contributed by atoms with Gasteiger partial charge in [0.25, 0.3) is 5.89 Å². The van der Waals surface area contributed by atoms with Crippen molar-refractivity contribution in [1.82, 2.24) is 10.1 Å². The average molecular weight is 233 g/mol. The molecule has 0 amide bonds. The molecule has 0 aliphatic carbocycles. The zero-order valence-corrected chi connectivity index (χ0v) is 10.2. The van der Waals surface area contributed by atoms with Crippen LogP contribution in [0.25, 0.3) is 11.5 Å². The maximum absolute atomic E-state index is 5.82. The molecule has 0 aliphatic heterocycles. The van der Waals surface area contributed by atoms with Gasteiger partial charge in [0.15, 0.2) is 5.82 Å². The van der Waals surface area contributed by atoms with Crippen LogP contribution in [-0.4, -0.2) is 17.3 Å². The molecule has 1 aromatic carbocycles. The molecular formula is C12H15N3O2. The minimum absolute atomic E-state index is 0.337. The number of benzene rings is 1. The lowest BCUT2D eigenvalue weighted by atomic mass is 10.0. The second-order valence-corrected chi connectivity index (χ2v) is 3.96. The Bertz CT molecular complexity index is 535. The molecule has 0 saturated heterocycles. The Labute approximate surface area is 99.6 Å². The van der Waals surface area contributed by atoms with Crippen LogP contribution in [0.2, 0.25) is 0 Å². The number of rotatable bonds is 3. The highest BCUT2D eigenvalue weighted by Gasteiger charge is 2.13. The van der Waals surface area contributed by atoms with Gasteiger partial charge in [-0.1, -0.05) is 5.16 Å². The molecule has 17 heavy (non-hydrogen) atoms. The van der Waals surface area contributed by atoms with Crippen LogP contribution >= 0.6 is 0 Å². The Hall–Kier alpha value is -1.88. The van der Waals surface area contributed by atoms with E-state index in [1.807, 2.05) is 26.0 Å². The van der Waals surface area contributed by atoms with E-state index in [-0.39, 0.29) is 0 Å². The quantitative estimate of drug-likeness (QED) is 0.821. The smallest absolute Gasteiger partial charge is 0.258 e. The fourth-order valence-electron chi connectivity index (χ4n) is 1.66. The number of nitrogens with zero attached hydrogens (tertiary/aromatic N) is 2. The number of nitrogen functional groups attached to an aromatic ring is 1. The zero-order chi connectivity index (χ0) is 12.4. The maximum atomic E-state index is 5.82. The fourth-order valence-corrected chi connectivity index (χ4v) is 1.66. The largest absolute Gasteiger partial charge is 0.399 e. The summed E-state index contributed by atoms with van der Waals surface area (Å²) in [6.45, 7) is 4.34. The summed E-state index contributed by atoms with van der Waals surface area (Å²) in [6, 6.07) is 3.76. The lowest BCUT2D eigenvalue weighted by molar-refractivity contribution is 0.174. The van der Waals surface area contributed by atoms with Crippen LogP contribution < -0.4 is 5.73 Å². The van der Waals surface area contributed by atoms with E-state index >= 15 is 0 Å². The van der Waals surface area contributed by atoms with Gasteiger partial charge in [0.2, 0.25) is 0 Å². The molecular weight excluding hydrogens is 218 g/mol. The second-order valence-electron chi connectivity index (χ2n) is 3.96. The fraction of sp³-hybridized carbons (Fsp3) is 0.333. The van der Waals surface area contributed by atoms with E-state index in [1.165, 1.54) is 0 Å². The molecule has 1 heterocycles. The summed E-state index contributed by atoms with van der Waals surface area (Å²) in [4.78, 5) is 4.25. The minimum atomic E-state index is 0.337. The summed E-state index contributed by atoms with van der Waals surface area (Å²) >= 11 is 0. The van der Waals surface area contributed by atoms with E-state index in [9.17, 15) is 0 Å². The topological polar surface area (TPSA) is 74.2 Å². The predicted octanol–water partition coefficient (Wildman–Crippen LogP) is 2.08. The summed E-state index contributed by atoms with van der Waals surface area (Å²) in [5, 5.41) is 3.83. The molecule has 0 fully saturated rings. The van der Waals surface area contributed by atoms with Crippen LogP contribution in [0.5, 0.6) is 0 Å². The molecule has 0 saturated carbocycles. The predicted molar refractivity (Wildman–Crippen MR) is 64.3 cm³/mol. The van der Waals surface area contributed by atoms with Gasteiger partial charge < -0.3 is 15.0 Å². The van der Waals surface area contributed by atoms with E-state index in [0.717, 1.165) is 16.7 Å². The van der Waals surface area contributed by atoms with Crippen LogP contribution in [0.4, 0.5) is 5.69 Å². The molecule has 2 rings (SSSR count). The van der Waals surface area contributed by atoms with Gasteiger partial charge in [0, 0.05) is 18.4 Å². The average Bonchev–Trinajstić information content (AvgIpc) is 2.72. The van der Waals surface area contributed by atoms with Crippen LogP contribution in [0.3, 0.4) is 0 Å². The van der Waals surface area contributed by atoms with Crippen molar-refractivity contribution < 1.29 is 9.26 Å². The van der Waals surface area contributed by atoms with Gasteiger partial charge in [-0.05, 0) is 37.1 Å². The van der Waals surface area contributed by atoms with Crippen LogP contribution in [0.15, 0.2) is 16.7 Å². The first-order chi connectivity index (χ1) is 8.11. The monoisotopic (exact) mass is 233 g/mol. The highest BCUT2D eigenvalue weighted by atomic mass is 16.5. The minimum Gasteiger partial charge on any atom is -0.399 e. The Morgan fingerprint density at radius 3 is 2.82 bits per heavy atom. The number of aromatic nitrogens is 2. The van der Waals surface area contributed by atoms with Crippen molar-refractivity contribution in [1.29, 1.82) is 0 Å². The summed E-state index contributed by atoms with van der Waals surface area (Å²) < 4.78 is 10.1. The first-order valence-electron chi connectivity index (χ1n) is 5.30. The summed E-state index contributed by atoms with van der Waals surface area (Å²) in [5.41, 5.74) is 9.57. The van der Waals surface area contributed by atoms with Crippen LogP contribution in [0, 0.1) is 13.8 Å². The van der Waals surface area contributed by atoms with Crippen molar-refractivity contribution in [2.75, 3.05) is 12.8 Å². The molecule has 2 aromatic rings. The maximum Gasteiger partial charge on any atom is 0.258 e. The van der Waals surface area contributed by atoms with Crippen molar-refractivity contribution in [3.63, 3.8) is 0 Å². The van der Waals surface area contributed by atoms with Gasteiger partial charge in [0.1, 0.15) is 6.61 Å². The van der Waals surface area contributed by atoms with Gasteiger partial charge in [-0.15, -0.1) is 0 Å². The Morgan fingerprint density at radius 1 is 1.35 bits per heavy atom. The van der Waals surface area contributed by atoms with E-state index in [2.05, 4.69) is 10.1 Å². The zero-order valence-electron chi connectivity index (χ0n) is 10.2. The Morgan fingerprint density at radius 2 is 2.12 bits per heavy atom. The van der Waals surface area contributed by atoms with Crippen molar-refractivity contribution in [2.45, 2.75) is 20.5 Å². The first-order valence-corrected chi connectivity index (χ1v) is 5.30. The van der Waals surface area contributed by atoms with E-state index in [4.69, 9.17) is 15.0 Å². The van der Waals surface area contributed by atoms with Gasteiger partial charge in [0.05, 0.1) is 0 Å². The Balaban J connectivity index is 2.44. The highest BCUT2D eigenvalue weighted by molar-refractivity contribution is 5.66. The van der Waals surface area contributed by atoms with Crippen molar-refractivity contribution in [2.24, 2.45) is 0 Å². The number of aryl methyl sites for hydroxylation is 1. The summed E-state index contributed by atoms with van der Waals surface area (Å²) in [6.07, 6.45) is 0. The number of nitrogens with two attached hydrogens (primary N) is 1. The lowest BCUT2D eigenvalue weighted by Crippen LogP contribution is -1.93. The van der Waals surface area contributed by atoms with Crippen molar-refractivity contribution >= 4 is 5.69 Å². The highest BCUT2D eigenvalue weighted by Crippen LogP contribution is 2.26. The van der Waals surface area contributed by atoms with Crippen LogP contribution in [0.1, 0.15) is 17.0 Å². The molecule has 0 aliphatic rings. The second kappa shape index (κ2) is 4.55. The van der Waals surface area contributed by atoms with Gasteiger partial charge in [-0.25, -0.2) is 0 Å². The molecule has 0 unspecified atom stereocenters. The lowest BCUT2D eigenvalue weighted by Gasteiger charge is -2.06. The van der Waals surface area contributed by atoms with E-state index in [1.54, 1.807) is 7.11 Å². The van der Waals surface area contributed by atoms with Gasteiger partial charge in [-0.3, -0.25) is 0 Å². The standard InChI is InChI=1S/C12H15N3O2/c1-7-4-9(13)5-10(8(7)2)12-14-11(6-16-3)15-17-12/h4-5H,6,13H2,1-3H3. The first kappa shape index (κ1) is 11.6. The van der Waals surface area contributed by atoms with Crippen molar-refractivity contribution in [3.05, 3.63) is 29.1 Å². The Kier molecular flexibility index (Phi) is 3.10. The van der Waals surface area contributed by atoms with Crippen molar-refractivity contribution in [3.8, 4) is 11.5 Å². The molecule has 0 radical (unpaired) electrons. The van der Waals surface area contributed by atoms with Gasteiger partial charge >= 0.3 is 0 Å². The number of hydrogen-bond acceptors (Lipinski definition) is 5. The normalized spacial score (nSPS) is 10.8. The third-order valence-corrected chi connectivity index (χ3v) is 2.66. The number of ether oxygens (including phenoxy) is 1. The molecule has 0 spiro atoms. The molecule has 90 valence electrons. The van der Waals surface area contributed by atoms with E-state index < -0.39 is 0 Å². The summed E-state index contributed by atoms with van der Waals surface area (Å²) in [5.74, 6) is 1.01. The molecule has 1 aromatic heterocycles. The summed E-state index contributed by atoms with van der Waals surface area (Å²) in [7, 11) is 1.59. The number of methoxy groups -OCH3 is 1. The number of hydrogen-bond donors (Lipinski definition) is 1. The van der Waals surface area contributed by atoms with Gasteiger partial charge in [-0.2, -0.15) is 4.98 Å². The molecule has 2 N–H and O–H groups in total. The third-order valence-electron chi connectivity index (χ3n) is 2.66.